The molecule has 0 spiro atoms. The van der Waals surface area contributed by atoms with Crippen molar-refractivity contribution in [2.75, 3.05) is 6.73 Å². The van der Waals surface area contributed by atoms with E-state index in [1.54, 1.807) is 0 Å². The minimum Gasteiger partial charge on any atom is -0.478 e. The van der Waals surface area contributed by atoms with Crippen LogP contribution in [0.2, 0.25) is 0 Å². The van der Waals surface area contributed by atoms with Gasteiger partial charge in [-0.15, -0.1) is 0 Å². The Bertz CT molecular complexity index is 1010. The van der Waals surface area contributed by atoms with Crippen LogP contribution in [0, 0.1) is 6.92 Å². The van der Waals surface area contributed by atoms with Gasteiger partial charge in [-0.25, -0.2) is 4.79 Å². The second-order valence-electron chi connectivity index (χ2n) is 7.19. The Kier molecular flexibility index (Phi) is 4.29. The third kappa shape index (κ3) is 2.90. The SMILES string of the molecule is Cc1c(Cc2ccccc2)c(=O)oc2c3c(ccc12)OCN(C(C)C)C3. The van der Waals surface area contributed by atoms with E-state index in [0.717, 1.165) is 39.9 Å². The lowest BCUT2D eigenvalue weighted by Crippen LogP contribution is -2.37. The van der Waals surface area contributed by atoms with Crippen molar-refractivity contribution in [3.05, 3.63) is 75.1 Å². The van der Waals surface area contributed by atoms with Crippen molar-refractivity contribution in [1.29, 1.82) is 0 Å². The number of fused-ring (bicyclic) bond motifs is 3. The van der Waals surface area contributed by atoms with Gasteiger partial charge in [0.25, 0.3) is 0 Å². The van der Waals surface area contributed by atoms with E-state index in [9.17, 15) is 4.79 Å². The van der Waals surface area contributed by atoms with Gasteiger partial charge in [0.15, 0.2) is 0 Å². The lowest BCUT2D eigenvalue weighted by molar-refractivity contribution is 0.0689. The minimum absolute atomic E-state index is 0.256. The highest BCUT2D eigenvalue weighted by atomic mass is 16.5. The largest absolute Gasteiger partial charge is 0.478 e. The smallest absolute Gasteiger partial charge is 0.340 e. The van der Waals surface area contributed by atoms with Crippen LogP contribution < -0.4 is 10.4 Å². The van der Waals surface area contributed by atoms with Crippen molar-refractivity contribution in [1.82, 2.24) is 4.90 Å². The van der Waals surface area contributed by atoms with Crippen LogP contribution in [0.25, 0.3) is 11.0 Å². The molecule has 0 saturated heterocycles. The second-order valence-corrected chi connectivity index (χ2v) is 7.19. The fraction of sp³-hybridized carbons (Fsp3) is 0.318. The van der Waals surface area contributed by atoms with Crippen LogP contribution >= 0.6 is 0 Å². The van der Waals surface area contributed by atoms with Crippen molar-refractivity contribution >= 4 is 11.0 Å². The highest BCUT2D eigenvalue weighted by Crippen LogP contribution is 2.34. The molecule has 0 fully saturated rings. The fourth-order valence-corrected chi connectivity index (χ4v) is 3.51. The van der Waals surface area contributed by atoms with Gasteiger partial charge in [-0.2, -0.15) is 0 Å². The van der Waals surface area contributed by atoms with E-state index >= 15 is 0 Å². The molecule has 0 aliphatic carbocycles. The predicted molar refractivity (Wildman–Crippen MR) is 103 cm³/mol. The van der Waals surface area contributed by atoms with Gasteiger partial charge in [0.2, 0.25) is 0 Å². The zero-order valence-electron chi connectivity index (χ0n) is 15.4. The molecule has 4 rings (SSSR count). The van der Waals surface area contributed by atoms with E-state index in [1.165, 1.54) is 0 Å². The van der Waals surface area contributed by atoms with Gasteiger partial charge in [-0.05, 0) is 44.0 Å². The van der Waals surface area contributed by atoms with Gasteiger partial charge in [-0.1, -0.05) is 30.3 Å². The molecular formula is C22H23NO3. The number of hydrogen-bond acceptors (Lipinski definition) is 4. The zero-order chi connectivity index (χ0) is 18.3. The average Bonchev–Trinajstić information content (AvgIpc) is 2.65. The molecule has 4 heteroatoms. The van der Waals surface area contributed by atoms with Gasteiger partial charge in [0.1, 0.15) is 18.1 Å². The summed E-state index contributed by atoms with van der Waals surface area (Å²) in [4.78, 5) is 15.0. The summed E-state index contributed by atoms with van der Waals surface area (Å²) in [6.07, 6.45) is 0.580. The van der Waals surface area contributed by atoms with Crippen LogP contribution in [0.5, 0.6) is 5.75 Å². The van der Waals surface area contributed by atoms with E-state index in [1.807, 2.05) is 49.4 Å². The number of ether oxygens (including phenoxy) is 1. The van der Waals surface area contributed by atoms with Crippen LogP contribution in [-0.2, 0) is 13.0 Å². The lowest BCUT2D eigenvalue weighted by Gasteiger charge is -2.32. The Morgan fingerprint density at radius 1 is 1.12 bits per heavy atom. The molecule has 1 aliphatic rings. The quantitative estimate of drug-likeness (QED) is 0.663. The average molecular weight is 349 g/mol. The molecule has 0 radical (unpaired) electrons. The van der Waals surface area contributed by atoms with Crippen LogP contribution in [0.15, 0.2) is 51.7 Å². The number of rotatable bonds is 3. The summed E-state index contributed by atoms with van der Waals surface area (Å²) >= 11 is 0. The predicted octanol–water partition coefficient (Wildman–Crippen LogP) is 4.25. The molecule has 26 heavy (non-hydrogen) atoms. The molecule has 2 heterocycles. The maximum Gasteiger partial charge on any atom is 0.340 e. The normalized spacial score (nSPS) is 14.5. The first kappa shape index (κ1) is 16.9. The molecule has 0 saturated carbocycles. The Labute approximate surface area is 153 Å². The number of hydrogen-bond donors (Lipinski definition) is 0. The van der Waals surface area contributed by atoms with Crippen molar-refractivity contribution in [2.45, 2.75) is 39.8 Å². The van der Waals surface area contributed by atoms with Crippen molar-refractivity contribution in [3.8, 4) is 5.75 Å². The third-order valence-corrected chi connectivity index (χ3v) is 5.22. The van der Waals surface area contributed by atoms with Crippen LogP contribution in [-0.4, -0.2) is 17.7 Å². The first-order chi connectivity index (χ1) is 12.5. The summed E-state index contributed by atoms with van der Waals surface area (Å²) in [7, 11) is 0. The van der Waals surface area contributed by atoms with E-state index in [4.69, 9.17) is 9.15 Å². The minimum atomic E-state index is -0.256. The topological polar surface area (TPSA) is 42.7 Å². The molecule has 0 amide bonds. The Morgan fingerprint density at radius 3 is 2.62 bits per heavy atom. The zero-order valence-corrected chi connectivity index (χ0v) is 15.4. The van der Waals surface area contributed by atoms with Crippen molar-refractivity contribution in [2.24, 2.45) is 0 Å². The van der Waals surface area contributed by atoms with E-state index < -0.39 is 0 Å². The standard InChI is InChI=1S/C22H23NO3/c1-14(2)23-12-19-20(25-13-23)10-9-17-15(3)18(22(24)26-21(17)19)11-16-7-5-4-6-8-16/h4-10,14H,11-13H2,1-3H3. The molecule has 1 aromatic heterocycles. The van der Waals surface area contributed by atoms with Crippen LogP contribution in [0.4, 0.5) is 0 Å². The second kappa shape index (κ2) is 6.61. The Morgan fingerprint density at radius 2 is 1.88 bits per heavy atom. The fourth-order valence-electron chi connectivity index (χ4n) is 3.51. The van der Waals surface area contributed by atoms with Crippen molar-refractivity contribution in [3.63, 3.8) is 0 Å². The maximum atomic E-state index is 12.7. The highest BCUT2D eigenvalue weighted by Gasteiger charge is 2.24. The van der Waals surface area contributed by atoms with E-state index in [-0.39, 0.29) is 5.63 Å². The summed E-state index contributed by atoms with van der Waals surface area (Å²) in [5.74, 6) is 0.813. The molecule has 0 atom stereocenters. The first-order valence-electron chi connectivity index (χ1n) is 9.03. The third-order valence-electron chi connectivity index (χ3n) is 5.22. The number of nitrogens with zero attached hydrogens (tertiary/aromatic N) is 1. The van der Waals surface area contributed by atoms with Crippen LogP contribution in [0.1, 0.15) is 36.1 Å². The maximum absolute atomic E-state index is 12.7. The van der Waals surface area contributed by atoms with E-state index in [0.29, 0.717) is 24.8 Å². The summed E-state index contributed by atoms with van der Waals surface area (Å²) in [5, 5.41) is 0.989. The van der Waals surface area contributed by atoms with Gasteiger partial charge in [0.05, 0.1) is 5.56 Å². The molecule has 0 bridgehead atoms. The monoisotopic (exact) mass is 349 g/mol. The number of benzene rings is 2. The molecule has 0 N–H and O–H groups in total. The highest BCUT2D eigenvalue weighted by molar-refractivity contribution is 5.86. The molecule has 2 aromatic carbocycles. The van der Waals surface area contributed by atoms with Gasteiger partial charge in [-0.3, -0.25) is 4.90 Å². The molecule has 3 aromatic rings. The molecule has 134 valence electrons. The Hall–Kier alpha value is -2.59. The van der Waals surface area contributed by atoms with Gasteiger partial charge in [0, 0.05) is 30.0 Å². The van der Waals surface area contributed by atoms with Gasteiger partial charge < -0.3 is 9.15 Å². The molecule has 0 unspecified atom stereocenters. The lowest BCUT2D eigenvalue weighted by atomic mass is 9.97. The molecule has 4 nitrogen and oxygen atoms in total. The first-order valence-corrected chi connectivity index (χ1v) is 9.03. The summed E-state index contributed by atoms with van der Waals surface area (Å²) in [6.45, 7) is 7.57. The number of aryl methyl sites for hydroxylation is 1. The van der Waals surface area contributed by atoms with Gasteiger partial charge >= 0.3 is 5.63 Å². The van der Waals surface area contributed by atoms with E-state index in [2.05, 4.69) is 18.7 Å². The molecule has 1 aliphatic heterocycles. The summed E-state index contributed by atoms with van der Waals surface area (Å²) in [6, 6.07) is 14.4. The van der Waals surface area contributed by atoms with Crippen molar-refractivity contribution < 1.29 is 9.15 Å². The summed E-state index contributed by atoms with van der Waals surface area (Å²) < 4.78 is 11.7. The molecular weight excluding hydrogens is 326 g/mol. The summed E-state index contributed by atoms with van der Waals surface area (Å²) in [5.41, 5.74) is 4.19. The van der Waals surface area contributed by atoms with Crippen LogP contribution in [0.3, 0.4) is 0 Å². The Balaban J connectivity index is 1.83.